The first kappa shape index (κ1) is 12.5. The van der Waals surface area contributed by atoms with Gasteiger partial charge in [-0.05, 0) is 35.7 Å². The number of nitrogens with zero attached hydrogens (tertiary/aromatic N) is 4. The summed E-state index contributed by atoms with van der Waals surface area (Å²) < 4.78 is 6.97. The highest BCUT2D eigenvalue weighted by molar-refractivity contribution is 7.19. The first-order valence-corrected chi connectivity index (χ1v) is 8.00. The van der Waals surface area contributed by atoms with E-state index < -0.39 is 0 Å². The molecular formula is C14H10N4OS2. The first-order chi connectivity index (χ1) is 10.3. The van der Waals surface area contributed by atoms with Gasteiger partial charge >= 0.3 is 0 Å². The number of methoxy groups -OCH3 is 1. The molecule has 1 aromatic carbocycles. The van der Waals surface area contributed by atoms with E-state index in [1.807, 2.05) is 41.1 Å². The molecular weight excluding hydrogens is 304 g/mol. The van der Waals surface area contributed by atoms with E-state index in [0.717, 1.165) is 32.7 Å². The van der Waals surface area contributed by atoms with Crippen LogP contribution in [0.1, 0.15) is 0 Å². The molecule has 5 nitrogen and oxygen atoms in total. The number of aromatic nitrogens is 4. The summed E-state index contributed by atoms with van der Waals surface area (Å²) in [5.41, 5.74) is 2.08. The highest BCUT2D eigenvalue weighted by Crippen LogP contribution is 2.29. The molecule has 0 fully saturated rings. The minimum absolute atomic E-state index is 0.780. The van der Waals surface area contributed by atoms with Gasteiger partial charge in [0.05, 0.1) is 7.11 Å². The van der Waals surface area contributed by atoms with E-state index in [0.29, 0.717) is 0 Å². The maximum Gasteiger partial charge on any atom is 0.235 e. The summed E-state index contributed by atoms with van der Waals surface area (Å²) in [6, 6.07) is 9.87. The lowest BCUT2D eigenvalue weighted by atomic mass is 10.2. The van der Waals surface area contributed by atoms with Crippen molar-refractivity contribution in [2.75, 3.05) is 7.11 Å². The van der Waals surface area contributed by atoms with Crippen LogP contribution in [-0.4, -0.2) is 26.9 Å². The van der Waals surface area contributed by atoms with Gasteiger partial charge in [0.15, 0.2) is 5.82 Å². The van der Waals surface area contributed by atoms with Crippen molar-refractivity contribution in [1.29, 1.82) is 0 Å². The van der Waals surface area contributed by atoms with Crippen molar-refractivity contribution in [3.05, 3.63) is 41.1 Å². The molecule has 7 heteroatoms. The molecule has 0 aliphatic rings. The van der Waals surface area contributed by atoms with Gasteiger partial charge in [0.25, 0.3) is 0 Å². The lowest BCUT2D eigenvalue weighted by Crippen LogP contribution is -1.89. The molecule has 0 atom stereocenters. The van der Waals surface area contributed by atoms with Crippen LogP contribution in [0.5, 0.6) is 5.75 Å². The van der Waals surface area contributed by atoms with Crippen LogP contribution in [0, 0.1) is 0 Å². The zero-order valence-electron chi connectivity index (χ0n) is 11.1. The number of benzene rings is 1. The molecule has 21 heavy (non-hydrogen) atoms. The van der Waals surface area contributed by atoms with E-state index in [1.54, 1.807) is 23.0 Å². The fraction of sp³-hybridized carbons (Fsp3) is 0.0714. The second kappa shape index (κ2) is 4.94. The summed E-state index contributed by atoms with van der Waals surface area (Å²) >= 11 is 3.16. The van der Waals surface area contributed by atoms with Crippen molar-refractivity contribution in [2.45, 2.75) is 0 Å². The van der Waals surface area contributed by atoms with Gasteiger partial charge in [-0.1, -0.05) is 11.3 Å². The number of thiophene rings is 1. The number of ether oxygens (including phenoxy) is 1. The molecule has 0 amide bonds. The smallest absolute Gasteiger partial charge is 0.235 e. The van der Waals surface area contributed by atoms with Crippen molar-refractivity contribution in [1.82, 2.24) is 19.8 Å². The van der Waals surface area contributed by atoms with Crippen LogP contribution in [0.15, 0.2) is 41.1 Å². The summed E-state index contributed by atoms with van der Waals surface area (Å²) in [7, 11) is 1.66. The molecule has 4 rings (SSSR count). The van der Waals surface area contributed by atoms with Crippen LogP contribution in [-0.2, 0) is 0 Å². The Labute approximate surface area is 128 Å². The van der Waals surface area contributed by atoms with Crippen LogP contribution in [0.25, 0.3) is 26.9 Å². The van der Waals surface area contributed by atoms with Crippen molar-refractivity contribution < 1.29 is 4.74 Å². The zero-order valence-corrected chi connectivity index (χ0v) is 12.7. The summed E-state index contributed by atoms with van der Waals surface area (Å²) in [4.78, 5) is 0.794. The van der Waals surface area contributed by atoms with E-state index in [1.165, 1.54) is 11.3 Å². The molecule has 0 unspecified atom stereocenters. The van der Waals surface area contributed by atoms with Crippen LogP contribution in [0.4, 0.5) is 0 Å². The molecule has 104 valence electrons. The van der Waals surface area contributed by atoms with E-state index in [4.69, 9.17) is 4.74 Å². The molecule has 0 saturated carbocycles. The molecule has 0 spiro atoms. The number of hydrogen-bond acceptors (Lipinski definition) is 6. The molecule has 0 aliphatic carbocycles. The van der Waals surface area contributed by atoms with Crippen LogP contribution < -0.4 is 4.74 Å². The lowest BCUT2D eigenvalue weighted by molar-refractivity contribution is 0.415. The molecule has 4 aromatic rings. The maximum absolute atomic E-state index is 5.17. The third-order valence-corrected chi connectivity index (χ3v) is 4.74. The Morgan fingerprint density at radius 2 is 1.90 bits per heavy atom. The molecule has 0 N–H and O–H groups in total. The summed E-state index contributed by atoms with van der Waals surface area (Å²) in [5, 5.41) is 18.0. The van der Waals surface area contributed by atoms with E-state index >= 15 is 0 Å². The minimum atomic E-state index is 0.780. The molecule has 3 aromatic heterocycles. The monoisotopic (exact) mass is 314 g/mol. The average Bonchev–Trinajstić information content (AvgIpc) is 3.23. The highest BCUT2D eigenvalue weighted by atomic mass is 32.1. The largest absolute Gasteiger partial charge is 0.497 e. The van der Waals surface area contributed by atoms with Gasteiger partial charge in [-0.15, -0.1) is 10.2 Å². The molecule has 0 aliphatic heterocycles. The fourth-order valence-corrected chi connectivity index (χ4v) is 3.52. The van der Waals surface area contributed by atoms with Gasteiger partial charge in [-0.2, -0.15) is 21.0 Å². The zero-order chi connectivity index (χ0) is 14.2. The Kier molecular flexibility index (Phi) is 2.94. The Morgan fingerprint density at radius 1 is 1.05 bits per heavy atom. The van der Waals surface area contributed by atoms with Gasteiger partial charge in [-0.25, -0.2) is 0 Å². The number of hydrogen-bond donors (Lipinski definition) is 0. The van der Waals surface area contributed by atoms with Crippen LogP contribution in [0.3, 0.4) is 0 Å². The summed E-state index contributed by atoms with van der Waals surface area (Å²) in [6.07, 6.45) is 0. The molecule has 3 heterocycles. The first-order valence-electron chi connectivity index (χ1n) is 6.24. The lowest BCUT2D eigenvalue weighted by Gasteiger charge is -1.99. The SMILES string of the molecule is COc1ccc(-c2nn3c(-c4ccsc4)nnc3s2)cc1. The van der Waals surface area contributed by atoms with Crippen molar-refractivity contribution in [3.8, 4) is 27.7 Å². The van der Waals surface area contributed by atoms with Crippen molar-refractivity contribution in [2.24, 2.45) is 0 Å². The van der Waals surface area contributed by atoms with Crippen LogP contribution >= 0.6 is 22.7 Å². The summed E-state index contributed by atoms with van der Waals surface area (Å²) in [6.45, 7) is 0. The van der Waals surface area contributed by atoms with E-state index in [9.17, 15) is 0 Å². The second-order valence-corrected chi connectivity index (χ2v) is 6.10. The van der Waals surface area contributed by atoms with Gasteiger partial charge in [0.2, 0.25) is 4.96 Å². The van der Waals surface area contributed by atoms with Gasteiger partial charge in [-0.3, -0.25) is 0 Å². The quantitative estimate of drug-likeness (QED) is 0.580. The topological polar surface area (TPSA) is 52.3 Å². The van der Waals surface area contributed by atoms with Crippen molar-refractivity contribution in [3.63, 3.8) is 0 Å². The predicted molar refractivity (Wildman–Crippen MR) is 84.0 cm³/mol. The van der Waals surface area contributed by atoms with Gasteiger partial charge in [0, 0.05) is 16.5 Å². The average molecular weight is 314 g/mol. The van der Waals surface area contributed by atoms with E-state index in [2.05, 4.69) is 15.3 Å². The highest BCUT2D eigenvalue weighted by Gasteiger charge is 2.14. The number of rotatable bonds is 3. The number of fused-ring (bicyclic) bond motifs is 1. The van der Waals surface area contributed by atoms with Crippen molar-refractivity contribution >= 4 is 27.6 Å². The third-order valence-electron chi connectivity index (χ3n) is 3.11. The maximum atomic E-state index is 5.17. The molecule has 0 saturated heterocycles. The Morgan fingerprint density at radius 3 is 2.62 bits per heavy atom. The molecule has 0 radical (unpaired) electrons. The van der Waals surface area contributed by atoms with Gasteiger partial charge < -0.3 is 4.74 Å². The Balaban J connectivity index is 1.80. The second-order valence-electron chi connectivity index (χ2n) is 4.37. The Bertz CT molecular complexity index is 878. The third kappa shape index (κ3) is 2.10. The standard InChI is InChI=1S/C14H10N4OS2/c1-19-11-4-2-9(3-5-11)13-17-18-12(10-6-7-20-8-10)15-16-14(18)21-13/h2-8H,1H3. The normalized spacial score (nSPS) is 11.1. The predicted octanol–water partition coefficient (Wildman–Crippen LogP) is 3.59. The molecule has 0 bridgehead atoms. The van der Waals surface area contributed by atoms with Crippen LogP contribution in [0.2, 0.25) is 0 Å². The van der Waals surface area contributed by atoms with E-state index in [-0.39, 0.29) is 0 Å². The van der Waals surface area contributed by atoms with Gasteiger partial charge in [0.1, 0.15) is 10.8 Å². The summed E-state index contributed by atoms with van der Waals surface area (Å²) in [5.74, 6) is 1.61. The fourth-order valence-electron chi connectivity index (χ4n) is 2.04. The Hall–Kier alpha value is -2.25. The minimum Gasteiger partial charge on any atom is -0.497 e.